The molecule has 0 aliphatic rings. The normalized spacial score (nSPS) is 12.7. The Labute approximate surface area is 264 Å². The summed E-state index contributed by atoms with van der Waals surface area (Å²) in [5.41, 5.74) is 1.06. The number of rotatable bonds is 15. The maximum Gasteiger partial charge on any atom is 0.264 e. The lowest BCUT2D eigenvalue weighted by molar-refractivity contribution is -0.140. The zero-order valence-corrected chi connectivity index (χ0v) is 27.6. The molecule has 3 rings (SSSR count). The molecular weight excluding hydrogens is 606 g/mol. The zero-order valence-electron chi connectivity index (χ0n) is 25.2. The molecule has 11 heteroatoms. The van der Waals surface area contributed by atoms with Gasteiger partial charge in [-0.25, -0.2) is 8.42 Å². The number of nitrogens with one attached hydrogen (secondary N) is 1. The van der Waals surface area contributed by atoms with E-state index >= 15 is 0 Å². The van der Waals surface area contributed by atoms with Crippen LogP contribution in [0.2, 0.25) is 5.02 Å². The Morgan fingerprint density at radius 2 is 1.56 bits per heavy atom. The highest BCUT2D eigenvalue weighted by molar-refractivity contribution is 7.98. The summed E-state index contributed by atoms with van der Waals surface area (Å²) in [6.45, 7) is 7.60. The topological polar surface area (TPSA) is 96.0 Å². The number of carbonyl (C=O) groups excluding carboxylic acids is 2. The summed E-state index contributed by atoms with van der Waals surface area (Å²) in [7, 11) is -4.17. The fourth-order valence-corrected chi connectivity index (χ4v) is 6.37. The van der Waals surface area contributed by atoms with E-state index in [0.29, 0.717) is 29.5 Å². The van der Waals surface area contributed by atoms with Crippen molar-refractivity contribution in [1.29, 1.82) is 0 Å². The molecule has 8 nitrogen and oxygen atoms in total. The second-order valence-corrected chi connectivity index (χ2v) is 13.2. The summed E-state index contributed by atoms with van der Waals surface area (Å²) in [4.78, 5) is 30.0. The fraction of sp³-hybridized carbons (Fsp3) is 0.375. The molecule has 1 N–H and O–H groups in total. The second-order valence-electron chi connectivity index (χ2n) is 10.0. The molecule has 2 amide bonds. The summed E-state index contributed by atoms with van der Waals surface area (Å²) in [6, 6.07) is 19.2. The van der Waals surface area contributed by atoms with E-state index in [-0.39, 0.29) is 23.4 Å². The molecule has 0 saturated heterocycles. The lowest BCUT2D eigenvalue weighted by Gasteiger charge is -2.33. The molecule has 0 fully saturated rings. The fourth-order valence-electron chi connectivity index (χ4n) is 4.43. The van der Waals surface area contributed by atoms with Gasteiger partial charge in [0.15, 0.2) is 0 Å². The van der Waals surface area contributed by atoms with E-state index in [2.05, 4.69) is 5.32 Å². The first-order valence-electron chi connectivity index (χ1n) is 14.3. The molecule has 232 valence electrons. The van der Waals surface area contributed by atoms with Crippen molar-refractivity contribution in [2.24, 2.45) is 0 Å². The van der Waals surface area contributed by atoms with Crippen LogP contribution in [0.15, 0.2) is 82.6 Å². The number of ether oxygens (including phenoxy) is 1. The summed E-state index contributed by atoms with van der Waals surface area (Å²) in [6.07, 6.45) is 2.98. The van der Waals surface area contributed by atoms with Gasteiger partial charge in [0.2, 0.25) is 11.8 Å². The lowest BCUT2D eigenvalue weighted by atomic mass is 10.1. The van der Waals surface area contributed by atoms with Gasteiger partial charge in [-0.1, -0.05) is 37.6 Å². The van der Waals surface area contributed by atoms with E-state index in [0.717, 1.165) is 21.2 Å². The monoisotopic (exact) mass is 645 g/mol. The molecule has 0 radical (unpaired) electrons. The Hall–Kier alpha value is -3.21. The highest BCUT2D eigenvalue weighted by atomic mass is 35.5. The van der Waals surface area contributed by atoms with Crippen LogP contribution in [0.4, 0.5) is 5.69 Å². The van der Waals surface area contributed by atoms with Crippen LogP contribution in [0.5, 0.6) is 5.75 Å². The van der Waals surface area contributed by atoms with Crippen molar-refractivity contribution >= 4 is 50.9 Å². The van der Waals surface area contributed by atoms with Crippen LogP contribution < -0.4 is 14.4 Å². The van der Waals surface area contributed by atoms with Crippen LogP contribution in [0.3, 0.4) is 0 Å². The number of anilines is 1. The van der Waals surface area contributed by atoms with Crippen LogP contribution >= 0.6 is 23.4 Å². The van der Waals surface area contributed by atoms with Gasteiger partial charge < -0.3 is 15.0 Å². The van der Waals surface area contributed by atoms with Gasteiger partial charge in [0.05, 0.1) is 17.2 Å². The summed E-state index contributed by atoms with van der Waals surface area (Å²) < 4.78 is 34.8. The minimum Gasteiger partial charge on any atom is -0.494 e. The summed E-state index contributed by atoms with van der Waals surface area (Å²) >= 11 is 7.59. The minimum absolute atomic E-state index is 0.0535. The smallest absolute Gasteiger partial charge is 0.264 e. The molecule has 43 heavy (non-hydrogen) atoms. The van der Waals surface area contributed by atoms with Crippen molar-refractivity contribution in [3.63, 3.8) is 0 Å². The first-order valence-corrected chi connectivity index (χ1v) is 17.3. The van der Waals surface area contributed by atoms with E-state index in [9.17, 15) is 18.0 Å². The number of halogens is 1. The van der Waals surface area contributed by atoms with Crippen molar-refractivity contribution in [1.82, 2.24) is 10.2 Å². The Morgan fingerprint density at radius 3 is 2.09 bits per heavy atom. The summed E-state index contributed by atoms with van der Waals surface area (Å²) in [5.74, 6) is -0.224. The molecule has 0 saturated carbocycles. The van der Waals surface area contributed by atoms with Crippen molar-refractivity contribution in [3.05, 3.63) is 83.4 Å². The molecule has 0 aliphatic carbocycles. The first-order chi connectivity index (χ1) is 20.5. The molecule has 3 aromatic carbocycles. The minimum atomic E-state index is -4.17. The van der Waals surface area contributed by atoms with Crippen LogP contribution in [-0.4, -0.2) is 56.6 Å². The first kappa shape index (κ1) is 34.3. The number of amides is 2. The SMILES string of the molecule is CCOc1ccc(N(CC(=O)N(Cc2ccc(Cl)cc2)[C@H](CC)C(=O)N[C@H](C)CC)S(=O)(=O)c2ccc(SC)cc2)cc1. The molecule has 0 aliphatic heterocycles. The van der Waals surface area contributed by atoms with Crippen LogP contribution in [0.25, 0.3) is 0 Å². The van der Waals surface area contributed by atoms with Gasteiger partial charge in [-0.15, -0.1) is 11.8 Å². The quantitative estimate of drug-likeness (QED) is 0.193. The van der Waals surface area contributed by atoms with Gasteiger partial charge in [-0.2, -0.15) is 0 Å². The number of thioether (sulfide) groups is 1. The van der Waals surface area contributed by atoms with E-state index in [1.807, 2.05) is 34.0 Å². The Bertz CT molecular complexity index is 1450. The number of sulfonamides is 1. The van der Waals surface area contributed by atoms with Crippen LogP contribution in [0, 0.1) is 0 Å². The highest BCUT2D eigenvalue weighted by Gasteiger charge is 2.34. The molecular formula is C32H40ClN3O5S2. The third kappa shape index (κ3) is 9.14. The third-order valence-corrected chi connectivity index (χ3v) is 9.80. The highest BCUT2D eigenvalue weighted by Crippen LogP contribution is 2.28. The van der Waals surface area contributed by atoms with E-state index in [4.69, 9.17) is 16.3 Å². The van der Waals surface area contributed by atoms with Crippen molar-refractivity contribution < 1.29 is 22.7 Å². The maximum atomic E-state index is 14.2. The van der Waals surface area contributed by atoms with Gasteiger partial charge in [-0.3, -0.25) is 13.9 Å². The van der Waals surface area contributed by atoms with Gasteiger partial charge in [-0.05, 0) is 99.2 Å². The predicted molar refractivity (Wildman–Crippen MR) is 174 cm³/mol. The molecule has 2 atom stereocenters. The molecule has 0 aromatic heterocycles. The van der Waals surface area contributed by atoms with Crippen molar-refractivity contribution in [2.45, 2.75) is 69.0 Å². The standard InChI is InChI=1S/C32H40ClN3O5S2/c1-6-23(4)34-32(38)30(7-2)35(21-24-9-11-25(33)12-10-24)31(37)22-36(26-13-15-27(16-14-26)41-8-3)43(39,40)29-19-17-28(42-5)18-20-29/h9-20,23,30H,6-8,21-22H2,1-5H3,(H,34,38)/t23-,30-/m1/s1. The van der Waals surface area contributed by atoms with Crippen molar-refractivity contribution in [3.8, 4) is 5.75 Å². The Morgan fingerprint density at radius 1 is 0.930 bits per heavy atom. The van der Waals surface area contributed by atoms with Gasteiger partial charge >= 0.3 is 0 Å². The summed E-state index contributed by atoms with van der Waals surface area (Å²) in [5, 5.41) is 3.52. The van der Waals surface area contributed by atoms with Crippen LogP contribution in [0.1, 0.15) is 46.1 Å². The Kier molecular flexibility index (Phi) is 12.8. The van der Waals surface area contributed by atoms with Crippen molar-refractivity contribution in [2.75, 3.05) is 23.7 Å². The van der Waals surface area contributed by atoms with E-state index < -0.39 is 28.5 Å². The van der Waals surface area contributed by atoms with E-state index in [1.165, 1.54) is 28.8 Å². The van der Waals surface area contributed by atoms with Gasteiger partial charge in [0.1, 0.15) is 18.3 Å². The number of carbonyl (C=O) groups is 2. The maximum absolute atomic E-state index is 14.2. The molecule has 3 aromatic rings. The van der Waals surface area contributed by atoms with Gasteiger partial charge in [0, 0.05) is 22.5 Å². The molecule has 0 unspecified atom stereocenters. The predicted octanol–water partition coefficient (Wildman–Crippen LogP) is 6.38. The average Bonchev–Trinajstić information content (AvgIpc) is 3.01. The molecule has 0 bridgehead atoms. The van der Waals surface area contributed by atoms with Gasteiger partial charge in [0.25, 0.3) is 10.0 Å². The number of hydrogen-bond donors (Lipinski definition) is 1. The Balaban J connectivity index is 2.06. The number of hydrogen-bond acceptors (Lipinski definition) is 6. The number of benzene rings is 3. The largest absolute Gasteiger partial charge is 0.494 e. The van der Waals surface area contributed by atoms with E-state index in [1.54, 1.807) is 60.7 Å². The molecule has 0 heterocycles. The number of nitrogens with zero attached hydrogens (tertiary/aromatic N) is 2. The third-order valence-electron chi connectivity index (χ3n) is 7.02. The second kappa shape index (κ2) is 16.0. The van der Waals surface area contributed by atoms with Crippen LogP contribution in [-0.2, 0) is 26.2 Å². The zero-order chi connectivity index (χ0) is 31.6. The molecule has 0 spiro atoms. The average molecular weight is 646 g/mol. The lowest BCUT2D eigenvalue weighted by Crippen LogP contribution is -2.53.